The first kappa shape index (κ1) is 21.2. The quantitative estimate of drug-likeness (QED) is 0.287. The SMILES string of the molecule is [2H]c1c(C)[n+](C)c(-c2cc(C(C)(C)C)c3ccccc3c2C)c2ccc(CC(C)(C)C)cc12. The third-order valence-electron chi connectivity index (χ3n) is 6.60. The maximum atomic E-state index is 8.92. The zero-order valence-corrected chi connectivity index (χ0v) is 21.3. The molecule has 0 saturated heterocycles. The molecular formula is C31H38N+. The second-order valence-corrected chi connectivity index (χ2v) is 11.6. The van der Waals surface area contributed by atoms with E-state index >= 15 is 0 Å². The molecule has 0 saturated carbocycles. The first-order valence-corrected chi connectivity index (χ1v) is 11.7. The van der Waals surface area contributed by atoms with Crippen LogP contribution in [0, 0.1) is 19.3 Å². The minimum absolute atomic E-state index is 0.0285. The average molecular weight is 426 g/mol. The number of fused-ring (bicyclic) bond motifs is 2. The second kappa shape index (κ2) is 7.73. The lowest BCUT2D eigenvalue weighted by Crippen LogP contribution is -2.35. The van der Waals surface area contributed by atoms with Gasteiger partial charge in [-0.3, -0.25) is 0 Å². The van der Waals surface area contributed by atoms with Crippen molar-refractivity contribution in [3.63, 3.8) is 0 Å². The van der Waals surface area contributed by atoms with Crippen LogP contribution in [0.25, 0.3) is 32.8 Å². The molecule has 0 unspecified atom stereocenters. The molecule has 0 aliphatic carbocycles. The Labute approximate surface area is 195 Å². The van der Waals surface area contributed by atoms with Crippen LogP contribution in [0.5, 0.6) is 0 Å². The van der Waals surface area contributed by atoms with Crippen molar-refractivity contribution in [3.8, 4) is 11.3 Å². The molecule has 0 aliphatic rings. The highest BCUT2D eigenvalue weighted by atomic mass is 14.9. The predicted molar refractivity (Wildman–Crippen MR) is 139 cm³/mol. The smallest absolute Gasteiger partial charge is 0.198 e. The summed E-state index contributed by atoms with van der Waals surface area (Å²) in [7, 11) is 2.11. The van der Waals surface area contributed by atoms with Gasteiger partial charge < -0.3 is 0 Å². The van der Waals surface area contributed by atoms with E-state index in [9.17, 15) is 0 Å². The van der Waals surface area contributed by atoms with Crippen molar-refractivity contribution in [1.82, 2.24) is 0 Å². The summed E-state index contributed by atoms with van der Waals surface area (Å²) in [5, 5.41) is 4.85. The van der Waals surface area contributed by atoms with Crippen LogP contribution in [0.2, 0.25) is 0 Å². The molecule has 1 heteroatoms. The molecule has 32 heavy (non-hydrogen) atoms. The molecule has 0 radical (unpaired) electrons. The van der Waals surface area contributed by atoms with Gasteiger partial charge in [0.2, 0.25) is 5.69 Å². The van der Waals surface area contributed by atoms with Crippen molar-refractivity contribution < 1.29 is 5.94 Å². The van der Waals surface area contributed by atoms with Gasteiger partial charge in [-0.2, -0.15) is 4.57 Å². The van der Waals surface area contributed by atoms with Crippen LogP contribution in [0.3, 0.4) is 0 Å². The van der Waals surface area contributed by atoms with Crippen molar-refractivity contribution in [1.29, 1.82) is 0 Å². The number of pyridine rings is 1. The van der Waals surface area contributed by atoms with E-state index in [4.69, 9.17) is 1.37 Å². The Morgan fingerprint density at radius 1 is 0.844 bits per heavy atom. The molecule has 0 fully saturated rings. The highest BCUT2D eigenvalue weighted by Crippen LogP contribution is 2.39. The van der Waals surface area contributed by atoms with Crippen LogP contribution >= 0.6 is 0 Å². The molecule has 1 aromatic heterocycles. The molecule has 4 aromatic rings. The number of hydrogen-bond donors (Lipinski definition) is 0. The summed E-state index contributed by atoms with van der Waals surface area (Å²) in [6, 6.07) is 18.6. The van der Waals surface area contributed by atoms with Crippen molar-refractivity contribution in [2.75, 3.05) is 0 Å². The first-order chi connectivity index (χ1) is 15.3. The number of aryl methyl sites for hydroxylation is 1. The Bertz CT molecular complexity index is 1380. The molecule has 0 bridgehead atoms. The lowest BCUT2D eigenvalue weighted by Gasteiger charge is -2.24. The fourth-order valence-electron chi connectivity index (χ4n) is 4.96. The van der Waals surface area contributed by atoms with Crippen LogP contribution in [0.15, 0.2) is 54.6 Å². The van der Waals surface area contributed by atoms with Crippen molar-refractivity contribution in [2.45, 2.75) is 67.2 Å². The largest absolute Gasteiger partial charge is 0.220 e. The summed E-state index contributed by atoms with van der Waals surface area (Å²) in [5.74, 6) is 0. The zero-order valence-electron chi connectivity index (χ0n) is 22.3. The molecule has 0 spiro atoms. The third kappa shape index (κ3) is 4.06. The van der Waals surface area contributed by atoms with E-state index in [0.29, 0.717) is 6.04 Å². The van der Waals surface area contributed by atoms with E-state index in [2.05, 4.69) is 116 Å². The molecule has 1 nitrogen and oxygen atoms in total. The maximum Gasteiger partial charge on any atom is 0.220 e. The minimum atomic E-state index is 0.0285. The Morgan fingerprint density at radius 3 is 2.12 bits per heavy atom. The summed E-state index contributed by atoms with van der Waals surface area (Å²) >= 11 is 0. The number of hydrogen-bond acceptors (Lipinski definition) is 0. The van der Waals surface area contributed by atoms with Crippen molar-refractivity contribution in [2.24, 2.45) is 12.5 Å². The van der Waals surface area contributed by atoms with E-state index < -0.39 is 0 Å². The predicted octanol–water partition coefficient (Wildman–Crippen LogP) is 7.99. The van der Waals surface area contributed by atoms with Gasteiger partial charge in [0.25, 0.3) is 0 Å². The second-order valence-electron chi connectivity index (χ2n) is 11.6. The molecule has 0 N–H and O–H groups in total. The van der Waals surface area contributed by atoms with Gasteiger partial charge in [-0.1, -0.05) is 77.9 Å². The molecule has 3 aromatic carbocycles. The number of nitrogens with zero attached hydrogens (tertiary/aromatic N) is 1. The van der Waals surface area contributed by atoms with Crippen LogP contribution < -0.4 is 4.57 Å². The van der Waals surface area contributed by atoms with Crippen molar-refractivity contribution >= 4 is 21.5 Å². The van der Waals surface area contributed by atoms with Gasteiger partial charge in [-0.25, -0.2) is 0 Å². The topological polar surface area (TPSA) is 3.88 Å². The zero-order chi connectivity index (χ0) is 24.3. The Hall–Kier alpha value is -2.67. The van der Waals surface area contributed by atoms with Crippen LogP contribution in [-0.4, -0.2) is 0 Å². The van der Waals surface area contributed by atoms with Crippen LogP contribution in [0.1, 0.15) is 65.3 Å². The molecule has 0 aliphatic heterocycles. The normalized spacial score (nSPS) is 13.1. The molecule has 4 rings (SSSR count). The molecule has 0 atom stereocenters. The van der Waals surface area contributed by atoms with Gasteiger partial charge in [0.15, 0.2) is 5.69 Å². The lowest BCUT2D eigenvalue weighted by molar-refractivity contribution is -0.665. The Morgan fingerprint density at radius 2 is 1.50 bits per heavy atom. The van der Waals surface area contributed by atoms with Crippen LogP contribution in [0.4, 0.5) is 0 Å². The van der Waals surface area contributed by atoms with Gasteiger partial charge >= 0.3 is 0 Å². The van der Waals surface area contributed by atoms with E-state index in [0.717, 1.165) is 22.9 Å². The number of rotatable bonds is 2. The van der Waals surface area contributed by atoms with Crippen LogP contribution in [-0.2, 0) is 18.9 Å². The number of benzene rings is 3. The van der Waals surface area contributed by atoms with Gasteiger partial charge in [0, 0.05) is 13.0 Å². The molecule has 1 heterocycles. The van der Waals surface area contributed by atoms with Gasteiger partial charge in [-0.05, 0) is 69.2 Å². The van der Waals surface area contributed by atoms with Gasteiger partial charge in [-0.15, -0.1) is 0 Å². The monoisotopic (exact) mass is 425 g/mol. The maximum absolute atomic E-state index is 8.92. The summed E-state index contributed by atoms with van der Waals surface area (Å²) in [4.78, 5) is 0. The Kier molecular flexibility index (Phi) is 5.12. The fraction of sp³-hybridized carbons (Fsp3) is 0.387. The molecular weight excluding hydrogens is 386 g/mol. The van der Waals surface area contributed by atoms with Crippen molar-refractivity contribution in [3.05, 3.63) is 77.0 Å². The number of aromatic nitrogens is 1. The lowest BCUT2D eigenvalue weighted by atomic mass is 9.80. The molecule has 166 valence electrons. The highest BCUT2D eigenvalue weighted by molar-refractivity contribution is 6.00. The van der Waals surface area contributed by atoms with E-state index in [1.54, 1.807) is 0 Å². The third-order valence-corrected chi connectivity index (χ3v) is 6.60. The summed E-state index contributed by atoms with van der Waals surface area (Å²) in [6.45, 7) is 18.0. The summed E-state index contributed by atoms with van der Waals surface area (Å²) in [5.41, 5.74) is 7.66. The average Bonchev–Trinajstić information content (AvgIpc) is 2.72. The van der Waals surface area contributed by atoms with Gasteiger partial charge in [0.05, 0.1) is 12.3 Å². The van der Waals surface area contributed by atoms with E-state index in [-0.39, 0.29) is 10.8 Å². The standard InChI is InChI=1S/C31H38N/c1-20-16-23-17-22(19-30(3,4)5)14-15-25(23)29(32(20)9)27-18-28(31(6,7)8)26-13-11-10-12-24(26)21(27)2/h10-18H,19H2,1-9H3/q+1/i16D. The minimum Gasteiger partial charge on any atom is -0.198 e. The van der Waals surface area contributed by atoms with E-state index in [1.807, 2.05) is 0 Å². The van der Waals surface area contributed by atoms with E-state index in [1.165, 1.54) is 38.7 Å². The summed E-state index contributed by atoms with van der Waals surface area (Å²) < 4.78 is 11.1. The summed E-state index contributed by atoms with van der Waals surface area (Å²) in [6.07, 6.45) is 1.00. The molecule has 0 amide bonds. The fourth-order valence-corrected chi connectivity index (χ4v) is 4.96. The Balaban J connectivity index is 2.11. The highest BCUT2D eigenvalue weighted by Gasteiger charge is 2.25. The first-order valence-electron chi connectivity index (χ1n) is 12.2. The van der Waals surface area contributed by atoms with Gasteiger partial charge in [0.1, 0.15) is 7.05 Å².